The van der Waals surface area contributed by atoms with Crippen LogP contribution in [0.2, 0.25) is 0 Å². The van der Waals surface area contributed by atoms with Crippen molar-refractivity contribution in [2.75, 3.05) is 0 Å². The van der Waals surface area contributed by atoms with Gasteiger partial charge in [-0.15, -0.1) is 0 Å². The molecule has 0 radical (unpaired) electrons. The molecule has 2 aromatic rings. The van der Waals surface area contributed by atoms with Gasteiger partial charge in [0, 0.05) is 11.1 Å². The maximum absolute atomic E-state index is 13.7. The maximum Gasteiger partial charge on any atom is 0.416 e. The Morgan fingerprint density at radius 1 is 1.00 bits per heavy atom. The summed E-state index contributed by atoms with van der Waals surface area (Å²) in [6.07, 6.45) is -4.10. The molecule has 98 valence electrons. The van der Waals surface area contributed by atoms with E-state index in [1.807, 2.05) is 0 Å². The van der Waals surface area contributed by atoms with Gasteiger partial charge in [0.2, 0.25) is 0 Å². The van der Waals surface area contributed by atoms with Crippen LogP contribution in [0.25, 0.3) is 11.1 Å². The third-order valence-corrected chi connectivity index (χ3v) is 2.65. The number of carbonyl (C=O) groups excluding carboxylic acids is 1. The van der Waals surface area contributed by atoms with Crippen LogP contribution in [0.1, 0.15) is 15.9 Å². The van der Waals surface area contributed by atoms with Gasteiger partial charge < -0.3 is 0 Å². The standard InChI is InChI=1S/C14H8F4O/c15-12-6-2-4-10(8-19)13(12)9-3-1-5-11(7-9)14(16,17)18/h1-8H. The third kappa shape index (κ3) is 2.65. The lowest BCUT2D eigenvalue weighted by molar-refractivity contribution is -0.137. The molecule has 19 heavy (non-hydrogen) atoms. The Kier molecular flexibility index (Phi) is 3.38. The summed E-state index contributed by atoms with van der Waals surface area (Å²) < 4.78 is 51.5. The van der Waals surface area contributed by atoms with Gasteiger partial charge in [0.25, 0.3) is 0 Å². The van der Waals surface area contributed by atoms with Crippen molar-refractivity contribution >= 4 is 6.29 Å². The van der Waals surface area contributed by atoms with Gasteiger partial charge in [0.05, 0.1) is 5.56 Å². The molecule has 0 bridgehead atoms. The molecule has 1 nitrogen and oxygen atoms in total. The molecular formula is C14H8F4O. The average Bonchev–Trinajstić information content (AvgIpc) is 2.37. The molecule has 0 atom stereocenters. The summed E-state index contributed by atoms with van der Waals surface area (Å²) in [6.45, 7) is 0. The van der Waals surface area contributed by atoms with Crippen LogP contribution in [0, 0.1) is 5.82 Å². The fraction of sp³-hybridized carbons (Fsp3) is 0.0714. The van der Waals surface area contributed by atoms with Gasteiger partial charge in [-0.3, -0.25) is 4.79 Å². The zero-order valence-electron chi connectivity index (χ0n) is 9.54. The summed E-state index contributed by atoms with van der Waals surface area (Å²) >= 11 is 0. The molecule has 2 rings (SSSR count). The predicted molar refractivity (Wildman–Crippen MR) is 62.2 cm³/mol. The number of hydrogen-bond donors (Lipinski definition) is 0. The average molecular weight is 268 g/mol. The van der Waals surface area contributed by atoms with E-state index >= 15 is 0 Å². The number of halogens is 4. The van der Waals surface area contributed by atoms with E-state index in [-0.39, 0.29) is 16.7 Å². The Morgan fingerprint density at radius 2 is 1.68 bits per heavy atom. The number of rotatable bonds is 2. The normalized spacial score (nSPS) is 11.4. The molecule has 0 unspecified atom stereocenters. The fourth-order valence-electron chi connectivity index (χ4n) is 1.79. The molecule has 0 amide bonds. The minimum atomic E-state index is -4.51. The largest absolute Gasteiger partial charge is 0.416 e. The van der Waals surface area contributed by atoms with Crippen molar-refractivity contribution in [2.45, 2.75) is 6.18 Å². The zero-order valence-corrected chi connectivity index (χ0v) is 9.54. The first-order valence-electron chi connectivity index (χ1n) is 5.35. The van der Waals surface area contributed by atoms with Crippen molar-refractivity contribution in [1.82, 2.24) is 0 Å². The second-order valence-electron chi connectivity index (χ2n) is 3.90. The topological polar surface area (TPSA) is 17.1 Å². The van der Waals surface area contributed by atoms with Gasteiger partial charge in [-0.05, 0) is 23.8 Å². The van der Waals surface area contributed by atoms with Crippen LogP contribution in [-0.2, 0) is 6.18 Å². The second-order valence-corrected chi connectivity index (χ2v) is 3.90. The van der Waals surface area contributed by atoms with E-state index in [4.69, 9.17) is 0 Å². The number of alkyl halides is 3. The van der Waals surface area contributed by atoms with Crippen molar-refractivity contribution < 1.29 is 22.4 Å². The highest BCUT2D eigenvalue weighted by Gasteiger charge is 2.30. The Labute approximate surface area is 106 Å². The summed E-state index contributed by atoms with van der Waals surface area (Å²) in [5, 5.41) is 0. The van der Waals surface area contributed by atoms with E-state index in [1.165, 1.54) is 24.3 Å². The highest BCUT2D eigenvalue weighted by molar-refractivity contribution is 5.87. The molecule has 0 saturated carbocycles. The minimum absolute atomic E-state index is 0.0133. The number of hydrogen-bond acceptors (Lipinski definition) is 1. The summed E-state index contributed by atoms with van der Waals surface area (Å²) in [4.78, 5) is 10.8. The van der Waals surface area contributed by atoms with Crippen LogP contribution in [-0.4, -0.2) is 6.29 Å². The van der Waals surface area contributed by atoms with E-state index in [9.17, 15) is 22.4 Å². The lowest BCUT2D eigenvalue weighted by atomic mass is 9.98. The van der Waals surface area contributed by atoms with Gasteiger partial charge in [0.1, 0.15) is 5.82 Å². The molecule has 0 aliphatic carbocycles. The molecule has 0 aliphatic heterocycles. The summed E-state index contributed by atoms with van der Waals surface area (Å²) in [6, 6.07) is 8.01. The Bertz CT molecular complexity index is 617. The molecule has 0 aromatic heterocycles. The van der Waals surface area contributed by atoms with Crippen molar-refractivity contribution in [3.8, 4) is 11.1 Å². The van der Waals surface area contributed by atoms with Crippen LogP contribution in [0.3, 0.4) is 0 Å². The van der Waals surface area contributed by atoms with Crippen molar-refractivity contribution in [3.63, 3.8) is 0 Å². The molecule has 0 heterocycles. The third-order valence-electron chi connectivity index (χ3n) is 2.65. The number of carbonyl (C=O) groups is 1. The number of benzene rings is 2. The molecule has 2 aromatic carbocycles. The molecule has 0 fully saturated rings. The number of aldehydes is 1. The highest BCUT2D eigenvalue weighted by Crippen LogP contribution is 2.33. The second kappa shape index (κ2) is 4.84. The quantitative estimate of drug-likeness (QED) is 0.585. The summed E-state index contributed by atoms with van der Waals surface area (Å²) in [5.41, 5.74) is -0.969. The molecule has 5 heteroatoms. The lowest BCUT2D eigenvalue weighted by Gasteiger charge is -2.10. The van der Waals surface area contributed by atoms with E-state index in [1.54, 1.807) is 0 Å². The minimum Gasteiger partial charge on any atom is -0.298 e. The van der Waals surface area contributed by atoms with Gasteiger partial charge in [-0.1, -0.05) is 24.3 Å². The lowest BCUT2D eigenvalue weighted by Crippen LogP contribution is -2.05. The van der Waals surface area contributed by atoms with Crippen LogP contribution >= 0.6 is 0 Å². The first kappa shape index (κ1) is 13.3. The molecule has 0 spiro atoms. The summed E-state index contributed by atoms with van der Waals surface area (Å²) in [5.74, 6) is -0.732. The Hall–Kier alpha value is -2.17. The first-order chi connectivity index (χ1) is 8.93. The van der Waals surface area contributed by atoms with Crippen molar-refractivity contribution in [3.05, 3.63) is 59.4 Å². The monoisotopic (exact) mass is 268 g/mol. The van der Waals surface area contributed by atoms with Gasteiger partial charge in [-0.25, -0.2) is 4.39 Å². The fourth-order valence-corrected chi connectivity index (χ4v) is 1.79. The van der Waals surface area contributed by atoms with Crippen LogP contribution in [0.15, 0.2) is 42.5 Å². The van der Waals surface area contributed by atoms with E-state index in [2.05, 4.69) is 0 Å². The van der Waals surface area contributed by atoms with Crippen LogP contribution < -0.4 is 0 Å². The first-order valence-corrected chi connectivity index (χ1v) is 5.35. The SMILES string of the molecule is O=Cc1cccc(F)c1-c1cccc(C(F)(F)F)c1. The van der Waals surface area contributed by atoms with Gasteiger partial charge in [-0.2, -0.15) is 13.2 Å². The molecular weight excluding hydrogens is 260 g/mol. The smallest absolute Gasteiger partial charge is 0.298 e. The Balaban J connectivity index is 2.63. The van der Waals surface area contributed by atoms with E-state index in [0.29, 0.717) is 6.29 Å². The van der Waals surface area contributed by atoms with E-state index in [0.717, 1.165) is 18.2 Å². The molecule has 0 aliphatic rings. The van der Waals surface area contributed by atoms with Crippen molar-refractivity contribution in [2.24, 2.45) is 0 Å². The molecule has 0 saturated heterocycles. The van der Waals surface area contributed by atoms with E-state index < -0.39 is 17.6 Å². The summed E-state index contributed by atoms with van der Waals surface area (Å²) in [7, 11) is 0. The highest BCUT2D eigenvalue weighted by atomic mass is 19.4. The maximum atomic E-state index is 13.7. The van der Waals surface area contributed by atoms with Crippen molar-refractivity contribution in [1.29, 1.82) is 0 Å². The predicted octanol–water partition coefficient (Wildman–Crippen LogP) is 4.32. The van der Waals surface area contributed by atoms with Gasteiger partial charge in [0.15, 0.2) is 6.29 Å². The van der Waals surface area contributed by atoms with Gasteiger partial charge >= 0.3 is 6.18 Å². The molecule has 0 N–H and O–H groups in total. The zero-order chi connectivity index (χ0) is 14.0. The van der Waals surface area contributed by atoms with Crippen LogP contribution in [0.4, 0.5) is 17.6 Å². The Morgan fingerprint density at radius 3 is 2.32 bits per heavy atom. The van der Waals surface area contributed by atoms with Crippen LogP contribution in [0.5, 0.6) is 0 Å².